The van der Waals surface area contributed by atoms with Crippen LogP contribution in [-0.2, 0) is 0 Å². The number of nitrogen functional groups attached to an aromatic ring is 1. The zero-order valence-corrected chi connectivity index (χ0v) is 10.6. The lowest BCUT2D eigenvalue weighted by Gasteiger charge is -2.07. The molecule has 4 N–H and O–H groups in total. The minimum atomic E-state index is 0.100. The van der Waals surface area contributed by atoms with E-state index in [1.165, 1.54) is 0 Å². The SMILES string of the molecule is N#Cc1ccc(Nc2nc(N)nc3[nH]ncc23)cc1C#N. The summed E-state index contributed by atoms with van der Waals surface area (Å²) in [5.74, 6) is 0.572. The number of aromatic nitrogens is 4. The maximum Gasteiger partial charge on any atom is 0.224 e. The van der Waals surface area contributed by atoms with Gasteiger partial charge in [0, 0.05) is 5.69 Å². The second kappa shape index (κ2) is 4.79. The molecule has 0 atom stereocenters. The molecular weight excluding hydrogens is 268 g/mol. The fraction of sp³-hybridized carbons (Fsp3) is 0. The average molecular weight is 276 g/mol. The molecule has 0 unspecified atom stereocenters. The van der Waals surface area contributed by atoms with E-state index in [1.807, 2.05) is 12.1 Å². The topological polar surface area (TPSA) is 140 Å². The Hall–Kier alpha value is -3.65. The number of hydrogen-bond acceptors (Lipinski definition) is 7. The number of rotatable bonds is 2. The molecule has 0 saturated carbocycles. The van der Waals surface area contributed by atoms with Crippen LogP contribution in [0.15, 0.2) is 24.4 Å². The first kappa shape index (κ1) is 12.4. The van der Waals surface area contributed by atoms with Crippen molar-refractivity contribution in [3.63, 3.8) is 0 Å². The summed E-state index contributed by atoms with van der Waals surface area (Å²) in [6, 6.07) is 8.76. The third kappa shape index (κ3) is 2.17. The Labute approximate surface area is 118 Å². The number of H-pyrrole nitrogens is 1. The Bertz CT molecular complexity index is 912. The smallest absolute Gasteiger partial charge is 0.224 e. The molecule has 0 aliphatic carbocycles. The van der Waals surface area contributed by atoms with Gasteiger partial charge in [0.05, 0.1) is 22.7 Å². The van der Waals surface area contributed by atoms with Crippen molar-refractivity contribution < 1.29 is 0 Å². The summed E-state index contributed by atoms with van der Waals surface area (Å²) >= 11 is 0. The predicted molar refractivity (Wildman–Crippen MR) is 75.3 cm³/mol. The van der Waals surface area contributed by atoms with E-state index in [0.29, 0.717) is 28.1 Å². The van der Waals surface area contributed by atoms with Crippen LogP contribution < -0.4 is 11.1 Å². The van der Waals surface area contributed by atoms with E-state index < -0.39 is 0 Å². The monoisotopic (exact) mass is 276 g/mol. The Morgan fingerprint density at radius 3 is 2.71 bits per heavy atom. The van der Waals surface area contributed by atoms with Crippen LogP contribution in [0.25, 0.3) is 11.0 Å². The minimum Gasteiger partial charge on any atom is -0.368 e. The fourth-order valence-electron chi connectivity index (χ4n) is 1.90. The van der Waals surface area contributed by atoms with E-state index in [1.54, 1.807) is 24.4 Å². The molecule has 0 bridgehead atoms. The van der Waals surface area contributed by atoms with Crippen LogP contribution in [0.4, 0.5) is 17.5 Å². The van der Waals surface area contributed by atoms with Crippen molar-refractivity contribution in [1.29, 1.82) is 10.5 Å². The molecule has 8 nitrogen and oxygen atoms in total. The average Bonchev–Trinajstić information content (AvgIpc) is 2.95. The van der Waals surface area contributed by atoms with Gasteiger partial charge in [-0.25, -0.2) is 0 Å². The van der Waals surface area contributed by atoms with E-state index in [-0.39, 0.29) is 11.5 Å². The summed E-state index contributed by atoms with van der Waals surface area (Å²) in [7, 11) is 0. The normalized spacial score (nSPS) is 10.0. The highest BCUT2D eigenvalue weighted by molar-refractivity contribution is 5.89. The summed E-state index contributed by atoms with van der Waals surface area (Å²) < 4.78 is 0. The van der Waals surface area contributed by atoms with Gasteiger partial charge in [0.2, 0.25) is 5.95 Å². The quantitative estimate of drug-likeness (QED) is 0.642. The van der Waals surface area contributed by atoms with Crippen molar-refractivity contribution in [3.8, 4) is 12.1 Å². The Balaban J connectivity index is 2.05. The molecule has 3 rings (SSSR count). The highest BCUT2D eigenvalue weighted by Gasteiger charge is 2.09. The van der Waals surface area contributed by atoms with Crippen LogP contribution in [0.2, 0.25) is 0 Å². The molecule has 2 heterocycles. The molecule has 0 radical (unpaired) electrons. The molecular formula is C13H8N8. The number of hydrogen-bond donors (Lipinski definition) is 3. The number of nitriles is 2. The van der Waals surface area contributed by atoms with Gasteiger partial charge in [0.1, 0.15) is 18.0 Å². The van der Waals surface area contributed by atoms with Crippen molar-refractivity contribution in [2.45, 2.75) is 0 Å². The van der Waals surface area contributed by atoms with Crippen molar-refractivity contribution in [1.82, 2.24) is 20.2 Å². The summed E-state index contributed by atoms with van der Waals surface area (Å²) in [6.45, 7) is 0. The lowest BCUT2D eigenvalue weighted by molar-refractivity contribution is 1.09. The first-order valence-corrected chi connectivity index (χ1v) is 5.89. The lowest BCUT2D eigenvalue weighted by atomic mass is 10.1. The molecule has 0 spiro atoms. The van der Waals surface area contributed by atoms with E-state index in [9.17, 15) is 0 Å². The molecule has 0 fully saturated rings. The number of nitrogens with zero attached hydrogens (tertiary/aromatic N) is 5. The molecule has 2 aromatic heterocycles. The zero-order chi connectivity index (χ0) is 14.8. The molecule has 0 amide bonds. The molecule has 100 valence electrons. The van der Waals surface area contributed by atoms with E-state index in [2.05, 4.69) is 25.5 Å². The van der Waals surface area contributed by atoms with Gasteiger partial charge in [-0.3, -0.25) is 5.10 Å². The van der Waals surface area contributed by atoms with Gasteiger partial charge >= 0.3 is 0 Å². The van der Waals surface area contributed by atoms with Gasteiger partial charge < -0.3 is 11.1 Å². The largest absolute Gasteiger partial charge is 0.368 e. The number of benzene rings is 1. The van der Waals surface area contributed by atoms with Crippen LogP contribution in [0.1, 0.15) is 11.1 Å². The second-order valence-electron chi connectivity index (χ2n) is 4.17. The summed E-state index contributed by atoms with van der Waals surface area (Å²) in [4.78, 5) is 8.13. The van der Waals surface area contributed by atoms with E-state index in [0.717, 1.165) is 0 Å². The minimum absolute atomic E-state index is 0.100. The Kier molecular flexibility index (Phi) is 2.83. The third-order valence-corrected chi connectivity index (χ3v) is 2.85. The maximum atomic E-state index is 9.03. The zero-order valence-electron chi connectivity index (χ0n) is 10.6. The van der Waals surface area contributed by atoms with E-state index >= 15 is 0 Å². The number of aromatic amines is 1. The van der Waals surface area contributed by atoms with Crippen LogP contribution in [0, 0.1) is 22.7 Å². The Morgan fingerprint density at radius 2 is 1.95 bits per heavy atom. The van der Waals surface area contributed by atoms with Gasteiger partial charge in [0.25, 0.3) is 0 Å². The standard InChI is InChI=1S/C13H8N8/c14-4-7-1-2-9(3-8(7)5-15)18-11-10-6-17-21-12(10)20-13(16)19-11/h1-3,6H,(H4,16,17,18,19,20,21). The molecule has 0 aliphatic rings. The number of nitrogens with two attached hydrogens (primary N) is 1. The van der Waals surface area contributed by atoms with Crippen molar-refractivity contribution in [2.75, 3.05) is 11.1 Å². The fourth-order valence-corrected chi connectivity index (χ4v) is 1.90. The summed E-state index contributed by atoms with van der Waals surface area (Å²) in [5.41, 5.74) is 7.37. The second-order valence-corrected chi connectivity index (χ2v) is 4.17. The molecule has 8 heteroatoms. The predicted octanol–water partition coefficient (Wildman–Crippen LogP) is 1.42. The first-order valence-electron chi connectivity index (χ1n) is 5.89. The molecule has 3 aromatic rings. The summed E-state index contributed by atoms with van der Waals surface area (Å²) in [6.07, 6.45) is 1.58. The van der Waals surface area contributed by atoms with Crippen molar-refractivity contribution >= 4 is 28.5 Å². The highest BCUT2D eigenvalue weighted by Crippen LogP contribution is 2.24. The molecule has 1 aromatic carbocycles. The number of fused-ring (bicyclic) bond motifs is 1. The third-order valence-electron chi connectivity index (χ3n) is 2.85. The lowest BCUT2D eigenvalue weighted by Crippen LogP contribution is -2.01. The van der Waals surface area contributed by atoms with Gasteiger partial charge in [-0.15, -0.1) is 0 Å². The molecule has 0 aliphatic heterocycles. The van der Waals surface area contributed by atoms with Crippen LogP contribution >= 0.6 is 0 Å². The number of anilines is 3. The summed E-state index contributed by atoms with van der Waals surface area (Å²) in [5, 5.41) is 28.3. The van der Waals surface area contributed by atoms with Crippen LogP contribution in [-0.4, -0.2) is 20.2 Å². The first-order chi connectivity index (χ1) is 10.2. The maximum absolute atomic E-state index is 9.03. The van der Waals surface area contributed by atoms with Crippen LogP contribution in [0.5, 0.6) is 0 Å². The van der Waals surface area contributed by atoms with Crippen LogP contribution in [0.3, 0.4) is 0 Å². The van der Waals surface area contributed by atoms with Crippen molar-refractivity contribution in [2.24, 2.45) is 0 Å². The Morgan fingerprint density at radius 1 is 1.14 bits per heavy atom. The van der Waals surface area contributed by atoms with Gasteiger partial charge in [-0.2, -0.15) is 25.6 Å². The van der Waals surface area contributed by atoms with Crippen molar-refractivity contribution in [3.05, 3.63) is 35.5 Å². The number of nitrogens with one attached hydrogen (secondary N) is 2. The van der Waals surface area contributed by atoms with Gasteiger partial charge in [-0.1, -0.05) is 0 Å². The highest BCUT2D eigenvalue weighted by atomic mass is 15.2. The van der Waals surface area contributed by atoms with E-state index in [4.69, 9.17) is 16.3 Å². The van der Waals surface area contributed by atoms with Gasteiger partial charge in [-0.05, 0) is 18.2 Å². The molecule has 21 heavy (non-hydrogen) atoms. The van der Waals surface area contributed by atoms with Gasteiger partial charge in [0.15, 0.2) is 5.65 Å². The molecule has 0 saturated heterocycles.